The van der Waals surface area contributed by atoms with Crippen LogP contribution in [0.4, 0.5) is 5.69 Å². The Balaban J connectivity index is 1.68. The van der Waals surface area contributed by atoms with Gasteiger partial charge in [0.25, 0.3) is 11.8 Å². The minimum atomic E-state index is -0.218. The highest BCUT2D eigenvalue weighted by atomic mass is 16.2. The molecule has 3 heterocycles. The summed E-state index contributed by atoms with van der Waals surface area (Å²) >= 11 is 0. The molecule has 2 fully saturated rings. The van der Waals surface area contributed by atoms with Crippen LogP contribution < -0.4 is 4.90 Å². The Bertz CT molecular complexity index is 984. The zero-order valence-electron chi connectivity index (χ0n) is 19.4. The molecule has 0 N–H and O–H groups in total. The Morgan fingerprint density at radius 2 is 1.75 bits per heavy atom. The molecule has 2 amide bonds. The van der Waals surface area contributed by atoms with Gasteiger partial charge in [-0.3, -0.25) is 9.59 Å². The van der Waals surface area contributed by atoms with Gasteiger partial charge in [0.1, 0.15) is 5.82 Å². The summed E-state index contributed by atoms with van der Waals surface area (Å²) in [6, 6.07) is 7.49. The molecule has 170 valence electrons. The van der Waals surface area contributed by atoms with Crippen LogP contribution in [0.2, 0.25) is 0 Å². The third-order valence-electron chi connectivity index (χ3n) is 6.50. The number of aromatic nitrogens is 2. The molecule has 2 saturated heterocycles. The molecule has 0 radical (unpaired) electrons. The maximum atomic E-state index is 13.6. The topological polar surface area (TPSA) is 69.6 Å². The summed E-state index contributed by atoms with van der Waals surface area (Å²) in [7, 11) is 3.94. The number of aryl methyl sites for hydroxylation is 1. The van der Waals surface area contributed by atoms with E-state index in [1.54, 1.807) is 6.20 Å². The van der Waals surface area contributed by atoms with Crippen molar-refractivity contribution in [1.82, 2.24) is 19.8 Å². The Morgan fingerprint density at radius 1 is 1.00 bits per heavy atom. The molecule has 1 aromatic heterocycles. The van der Waals surface area contributed by atoms with Gasteiger partial charge in [0, 0.05) is 51.2 Å². The minimum absolute atomic E-state index is 0.00715. The fourth-order valence-corrected chi connectivity index (χ4v) is 4.72. The van der Waals surface area contributed by atoms with Gasteiger partial charge < -0.3 is 14.7 Å². The van der Waals surface area contributed by atoms with Gasteiger partial charge in [-0.1, -0.05) is 6.07 Å². The van der Waals surface area contributed by atoms with E-state index in [9.17, 15) is 9.59 Å². The van der Waals surface area contributed by atoms with Gasteiger partial charge >= 0.3 is 0 Å². The van der Waals surface area contributed by atoms with Crippen molar-refractivity contribution in [2.24, 2.45) is 0 Å². The molecule has 32 heavy (non-hydrogen) atoms. The van der Waals surface area contributed by atoms with E-state index in [1.807, 2.05) is 60.0 Å². The average molecular weight is 436 g/mol. The van der Waals surface area contributed by atoms with Crippen LogP contribution in [0.5, 0.6) is 0 Å². The summed E-state index contributed by atoms with van der Waals surface area (Å²) < 4.78 is 0. The Kier molecular flexibility index (Phi) is 6.72. The molecule has 2 aromatic rings. The summed E-state index contributed by atoms with van der Waals surface area (Å²) in [6.45, 7) is 4.05. The lowest BCUT2D eigenvalue weighted by molar-refractivity contribution is 0.0593. The molecule has 0 bridgehead atoms. The van der Waals surface area contributed by atoms with E-state index in [0.29, 0.717) is 29.2 Å². The van der Waals surface area contributed by atoms with E-state index in [-0.39, 0.29) is 17.9 Å². The van der Waals surface area contributed by atoms with Crippen LogP contribution in [-0.4, -0.2) is 65.3 Å². The summed E-state index contributed by atoms with van der Waals surface area (Å²) in [5, 5.41) is 0. The van der Waals surface area contributed by atoms with E-state index in [4.69, 9.17) is 4.98 Å². The zero-order chi connectivity index (χ0) is 22.7. The lowest BCUT2D eigenvalue weighted by Crippen LogP contribution is -2.41. The molecule has 2 aliphatic heterocycles. The summed E-state index contributed by atoms with van der Waals surface area (Å²) in [6.07, 6.45) is 7.65. The zero-order valence-corrected chi connectivity index (χ0v) is 19.4. The van der Waals surface area contributed by atoms with Gasteiger partial charge in [-0.05, 0) is 63.6 Å². The highest BCUT2D eigenvalue weighted by molar-refractivity contribution is 5.97. The van der Waals surface area contributed by atoms with Crippen LogP contribution in [0.3, 0.4) is 0 Å². The fourth-order valence-electron chi connectivity index (χ4n) is 4.72. The molecule has 4 rings (SSSR count). The van der Waals surface area contributed by atoms with E-state index < -0.39 is 0 Å². The van der Waals surface area contributed by atoms with E-state index >= 15 is 0 Å². The third-order valence-corrected chi connectivity index (χ3v) is 6.50. The van der Waals surface area contributed by atoms with Gasteiger partial charge in [-0.15, -0.1) is 0 Å². The largest absolute Gasteiger partial charge is 0.378 e. The van der Waals surface area contributed by atoms with E-state index in [2.05, 4.69) is 4.98 Å². The normalized spacial score (nSPS) is 19.0. The first-order valence-corrected chi connectivity index (χ1v) is 11.7. The van der Waals surface area contributed by atoms with Crippen molar-refractivity contribution in [3.05, 3.63) is 53.1 Å². The molecule has 0 saturated carbocycles. The van der Waals surface area contributed by atoms with Crippen molar-refractivity contribution in [2.75, 3.05) is 38.6 Å². The van der Waals surface area contributed by atoms with Gasteiger partial charge in [0.15, 0.2) is 0 Å². The number of likely N-dealkylation sites (tertiary alicyclic amines) is 2. The van der Waals surface area contributed by atoms with Crippen LogP contribution in [0.15, 0.2) is 30.5 Å². The molecule has 1 aromatic carbocycles. The highest BCUT2D eigenvalue weighted by Gasteiger charge is 2.34. The van der Waals surface area contributed by atoms with Crippen LogP contribution >= 0.6 is 0 Å². The predicted molar refractivity (Wildman–Crippen MR) is 125 cm³/mol. The van der Waals surface area contributed by atoms with Crippen molar-refractivity contribution >= 4 is 17.5 Å². The molecule has 0 spiro atoms. The first kappa shape index (κ1) is 22.2. The van der Waals surface area contributed by atoms with Gasteiger partial charge in [-0.25, -0.2) is 9.97 Å². The summed E-state index contributed by atoms with van der Waals surface area (Å²) in [5.41, 5.74) is 2.90. The van der Waals surface area contributed by atoms with E-state index in [1.165, 1.54) is 0 Å². The first-order valence-electron chi connectivity index (χ1n) is 11.7. The van der Waals surface area contributed by atoms with Gasteiger partial charge in [0.05, 0.1) is 17.3 Å². The molecular weight excluding hydrogens is 402 g/mol. The van der Waals surface area contributed by atoms with Crippen LogP contribution in [0, 0.1) is 6.92 Å². The Hall–Kier alpha value is -2.96. The molecule has 1 atom stereocenters. The molecule has 2 aliphatic rings. The second kappa shape index (κ2) is 9.67. The monoisotopic (exact) mass is 435 g/mol. The van der Waals surface area contributed by atoms with Crippen LogP contribution in [0.25, 0.3) is 0 Å². The first-order chi connectivity index (χ1) is 15.5. The number of hydrogen-bond donors (Lipinski definition) is 0. The maximum absolute atomic E-state index is 13.6. The van der Waals surface area contributed by atoms with Crippen molar-refractivity contribution in [3.63, 3.8) is 0 Å². The Morgan fingerprint density at radius 3 is 2.50 bits per heavy atom. The minimum Gasteiger partial charge on any atom is -0.378 e. The molecule has 0 unspecified atom stereocenters. The second-order valence-corrected chi connectivity index (χ2v) is 9.02. The summed E-state index contributed by atoms with van der Waals surface area (Å²) in [5.74, 6) is 0.612. The van der Waals surface area contributed by atoms with Crippen molar-refractivity contribution in [3.8, 4) is 0 Å². The quantitative estimate of drug-likeness (QED) is 0.730. The molecule has 7 nitrogen and oxygen atoms in total. The van der Waals surface area contributed by atoms with E-state index in [0.717, 1.165) is 57.3 Å². The smallest absolute Gasteiger partial charge is 0.257 e. The summed E-state index contributed by atoms with van der Waals surface area (Å²) in [4.78, 5) is 41.9. The number of amides is 2. The van der Waals surface area contributed by atoms with Crippen molar-refractivity contribution in [2.45, 2.75) is 51.5 Å². The second-order valence-electron chi connectivity index (χ2n) is 9.02. The lowest BCUT2D eigenvalue weighted by atomic mass is 9.94. The lowest BCUT2D eigenvalue weighted by Gasteiger charge is -2.37. The predicted octanol–water partition coefficient (Wildman–Crippen LogP) is 3.84. The van der Waals surface area contributed by atoms with Crippen LogP contribution in [-0.2, 0) is 0 Å². The number of benzene rings is 1. The number of anilines is 1. The SMILES string of the molecule is Cc1ncc(C(=O)N2CCCCC2)c([C@H]2CCCCN2C(=O)c2cccc(N(C)C)c2)n1. The number of rotatable bonds is 4. The average Bonchev–Trinajstić information content (AvgIpc) is 2.83. The number of hydrogen-bond acceptors (Lipinski definition) is 5. The number of piperidine rings is 2. The maximum Gasteiger partial charge on any atom is 0.257 e. The van der Waals surface area contributed by atoms with Crippen molar-refractivity contribution < 1.29 is 9.59 Å². The van der Waals surface area contributed by atoms with Crippen LogP contribution in [0.1, 0.15) is 76.8 Å². The van der Waals surface area contributed by atoms with Gasteiger partial charge in [-0.2, -0.15) is 0 Å². The molecular formula is C25H33N5O2. The number of carbonyl (C=O) groups excluding carboxylic acids is 2. The number of carbonyl (C=O) groups is 2. The standard InChI is InChI=1S/C25H33N5O2/c1-18-26-17-21(25(32)29-13-6-4-7-14-29)23(27-18)22-12-5-8-15-30(22)24(31)19-10-9-11-20(16-19)28(2)3/h9-11,16-17,22H,4-8,12-15H2,1-3H3/t22-/m1/s1. The third kappa shape index (κ3) is 4.61. The molecule has 0 aliphatic carbocycles. The van der Waals surface area contributed by atoms with Crippen molar-refractivity contribution in [1.29, 1.82) is 0 Å². The highest BCUT2D eigenvalue weighted by Crippen LogP contribution is 2.34. The Labute approximate surface area is 190 Å². The van der Waals surface area contributed by atoms with Gasteiger partial charge in [0.2, 0.25) is 0 Å². The number of nitrogens with zero attached hydrogens (tertiary/aromatic N) is 5. The molecule has 7 heteroatoms. The fraction of sp³-hybridized carbons (Fsp3) is 0.520.